The van der Waals surface area contributed by atoms with Gasteiger partial charge in [0.05, 0.1) is 0 Å². The van der Waals surface area contributed by atoms with E-state index >= 15 is 0 Å². The first-order chi connectivity index (χ1) is 11.7. The predicted octanol–water partition coefficient (Wildman–Crippen LogP) is 3.87. The van der Waals surface area contributed by atoms with Crippen LogP contribution in [0.2, 0.25) is 0 Å². The Kier molecular flexibility index (Phi) is 6.26. The number of hydrogen-bond donors (Lipinski definition) is 1. The Hall–Kier alpha value is -1.40. The number of aromatic nitrogens is 1. The molecular weight excluding hydrogens is 386 g/mol. The van der Waals surface area contributed by atoms with Crippen LogP contribution in [0.1, 0.15) is 24.8 Å². The zero-order valence-corrected chi connectivity index (χ0v) is 16.0. The molecule has 2 heterocycles. The van der Waals surface area contributed by atoms with Gasteiger partial charge >= 0.3 is 0 Å². The Morgan fingerprint density at radius 3 is 2.96 bits per heavy atom. The van der Waals surface area contributed by atoms with Gasteiger partial charge < -0.3 is 10.2 Å². The summed E-state index contributed by atoms with van der Waals surface area (Å²) >= 11 is 5.11. The average Bonchev–Trinajstić information content (AvgIpc) is 3.14. The maximum atomic E-state index is 12.1. The minimum absolute atomic E-state index is 0.143. The lowest BCUT2D eigenvalue weighted by Crippen LogP contribution is -2.41. The smallest absolute Gasteiger partial charge is 0.220 e. The Bertz CT molecular complexity index is 645. The molecule has 1 aliphatic heterocycles. The number of hydrogen-bond acceptors (Lipinski definition) is 4. The van der Waals surface area contributed by atoms with Crippen molar-refractivity contribution < 1.29 is 4.79 Å². The highest BCUT2D eigenvalue weighted by Gasteiger charge is 2.21. The van der Waals surface area contributed by atoms with Gasteiger partial charge in [-0.2, -0.15) is 0 Å². The summed E-state index contributed by atoms with van der Waals surface area (Å²) in [6, 6.07) is 8.15. The van der Waals surface area contributed by atoms with Crippen LogP contribution in [0.4, 0.5) is 5.13 Å². The van der Waals surface area contributed by atoms with Crippen molar-refractivity contribution in [2.75, 3.05) is 24.5 Å². The van der Waals surface area contributed by atoms with E-state index in [1.54, 1.807) is 11.3 Å². The number of rotatable bonds is 6. The fourth-order valence-corrected chi connectivity index (χ4v) is 3.98. The molecule has 1 fully saturated rings. The molecule has 0 spiro atoms. The molecule has 1 N–H and O–H groups in total. The summed E-state index contributed by atoms with van der Waals surface area (Å²) in [4.78, 5) is 18.8. The number of halogens is 1. The van der Waals surface area contributed by atoms with Crippen molar-refractivity contribution in [3.8, 4) is 0 Å². The zero-order valence-electron chi connectivity index (χ0n) is 13.6. The fraction of sp³-hybridized carbons (Fsp3) is 0.444. The number of nitrogens with zero attached hydrogens (tertiary/aromatic N) is 2. The summed E-state index contributed by atoms with van der Waals surface area (Å²) in [5, 5.41) is 6.22. The number of carbonyl (C=O) groups is 1. The second-order valence-electron chi connectivity index (χ2n) is 6.20. The zero-order chi connectivity index (χ0) is 16.8. The molecule has 2 aromatic rings. The molecule has 1 aliphatic rings. The van der Waals surface area contributed by atoms with Crippen LogP contribution in [-0.2, 0) is 11.2 Å². The van der Waals surface area contributed by atoms with Crippen LogP contribution in [0.15, 0.2) is 40.3 Å². The third-order valence-corrected chi connectivity index (χ3v) is 5.71. The minimum atomic E-state index is 0.143. The van der Waals surface area contributed by atoms with Gasteiger partial charge in [-0.25, -0.2) is 4.98 Å². The Morgan fingerprint density at radius 2 is 2.21 bits per heavy atom. The van der Waals surface area contributed by atoms with Gasteiger partial charge in [0, 0.05) is 42.1 Å². The number of nitrogens with one attached hydrogen (secondary N) is 1. The lowest BCUT2D eigenvalue weighted by Gasteiger charge is -2.32. The third kappa shape index (κ3) is 5.05. The molecule has 24 heavy (non-hydrogen) atoms. The molecule has 1 saturated heterocycles. The number of piperidine rings is 1. The van der Waals surface area contributed by atoms with Crippen LogP contribution in [0.25, 0.3) is 0 Å². The van der Waals surface area contributed by atoms with Crippen molar-refractivity contribution in [2.24, 2.45) is 5.92 Å². The first-order valence-electron chi connectivity index (χ1n) is 8.36. The molecule has 1 atom stereocenters. The van der Waals surface area contributed by atoms with Gasteiger partial charge in [0.1, 0.15) is 0 Å². The summed E-state index contributed by atoms with van der Waals surface area (Å²) < 4.78 is 1.07. The van der Waals surface area contributed by atoms with Crippen molar-refractivity contribution >= 4 is 38.3 Å². The van der Waals surface area contributed by atoms with Crippen molar-refractivity contribution in [2.45, 2.75) is 25.7 Å². The number of benzene rings is 1. The van der Waals surface area contributed by atoms with E-state index in [2.05, 4.69) is 43.3 Å². The molecule has 128 valence electrons. The number of amides is 1. The summed E-state index contributed by atoms with van der Waals surface area (Å²) in [6.45, 7) is 2.82. The third-order valence-electron chi connectivity index (χ3n) is 4.35. The van der Waals surface area contributed by atoms with Crippen molar-refractivity contribution in [3.63, 3.8) is 0 Å². The molecule has 0 saturated carbocycles. The Morgan fingerprint density at radius 1 is 1.38 bits per heavy atom. The van der Waals surface area contributed by atoms with Crippen LogP contribution in [0.5, 0.6) is 0 Å². The molecular formula is C18H22BrN3OS. The van der Waals surface area contributed by atoms with Crippen LogP contribution in [-0.4, -0.2) is 30.5 Å². The van der Waals surface area contributed by atoms with Crippen LogP contribution < -0.4 is 10.2 Å². The van der Waals surface area contributed by atoms with Crippen LogP contribution >= 0.6 is 27.3 Å². The van der Waals surface area contributed by atoms with E-state index in [0.717, 1.165) is 35.7 Å². The molecule has 6 heteroatoms. The van der Waals surface area contributed by atoms with Crippen LogP contribution in [0.3, 0.4) is 0 Å². The first kappa shape index (κ1) is 17.4. The van der Waals surface area contributed by atoms with Crippen molar-refractivity contribution in [1.82, 2.24) is 10.3 Å². The Labute approximate surface area is 155 Å². The van der Waals surface area contributed by atoms with Gasteiger partial charge in [0.25, 0.3) is 0 Å². The molecule has 0 bridgehead atoms. The maximum Gasteiger partial charge on any atom is 0.220 e. The number of anilines is 1. The molecule has 1 aromatic heterocycles. The van der Waals surface area contributed by atoms with Gasteiger partial charge in [-0.3, -0.25) is 4.79 Å². The van der Waals surface area contributed by atoms with Gasteiger partial charge in [-0.15, -0.1) is 11.3 Å². The Balaban J connectivity index is 1.40. The van der Waals surface area contributed by atoms with Crippen LogP contribution in [0, 0.1) is 5.92 Å². The first-order valence-corrected chi connectivity index (χ1v) is 10.0. The number of thiazole rings is 1. The summed E-state index contributed by atoms with van der Waals surface area (Å²) in [5.74, 6) is 0.656. The van der Waals surface area contributed by atoms with E-state index in [1.165, 1.54) is 18.4 Å². The molecule has 4 nitrogen and oxygen atoms in total. The second kappa shape index (κ2) is 8.62. The van der Waals surface area contributed by atoms with Gasteiger partial charge in [-0.05, 0) is 42.9 Å². The molecule has 1 unspecified atom stereocenters. The van der Waals surface area contributed by atoms with Gasteiger partial charge in [-0.1, -0.05) is 28.1 Å². The lowest BCUT2D eigenvalue weighted by molar-refractivity contribution is -0.121. The largest absolute Gasteiger partial charge is 0.356 e. The SMILES string of the molecule is O=C(CCc1ccc(Br)cc1)NCC1CCCN(c2nccs2)C1. The number of aryl methyl sites for hydroxylation is 1. The average molecular weight is 408 g/mol. The van der Waals surface area contributed by atoms with Gasteiger partial charge in [0.15, 0.2) is 5.13 Å². The fourth-order valence-electron chi connectivity index (χ4n) is 3.03. The summed E-state index contributed by atoms with van der Waals surface area (Å²) in [5.41, 5.74) is 1.20. The molecule has 3 rings (SSSR count). The highest BCUT2D eigenvalue weighted by Crippen LogP contribution is 2.24. The minimum Gasteiger partial charge on any atom is -0.356 e. The van der Waals surface area contributed by atoms with Crippen molar-refractivity contribution in [1.29, 1.82) is 0 Å². The molecule has 0 radical (unpaired) electrons. The predicted molar refractivity (Wildman–Crippen MR) is 103 cm³/mol. The van der Waals surface area contributed by atoms with E-state index < -0.39 is 0 Å². The quantitative estimate of drug-likeness (QED) is 0.789. The molecule has 1 amide bonds. The maximum absolute atomic E-state index is 12.1. The van der Waals surface area contributed by atoms with Crippen molar-refractivity contribution in [3.05, 3.63) is 45.9 Å². The van der Waals surface area contributed by atoms with Gasteiger partial charge in [0.2, 0.25) is 5.91 Å². The monoisotopic (exact) mass is 407 g/mol. The summed E-state index contributed by atoms with van der Waals surface area (Å²) in [6.07, 6.45) is 5.53. The standard InChI is InChI=1S/C18H22BrN3OS/c19-16-6-3-14(4-7-16)5-8-17(23)21-12-15-2-1-10-22(13-15)18-20-9-11-24-18/h3-4,6-7,9,11,15H,1-2,5,8,10,12-13H2,(H,21,23). The lowest BCUT2D eigenvalue weighted by atomic mass is 9.98. The second-order valence-corrected chi connectivity index (χ2v) is 7.99. The topological polar surface area (TPSA) is 45.2 Å². The van der Waals surface area contributed by atoms with E-state index in [0.29, 0.717) is 12.3 Å². The van der Waals surface area contributed by atoms with E-state index in [1.807, 2.05) is 23.7 Å². The van der Waals surface area contributed by atoms with E-state index in [-0.39, 0.29) is 5.91 Å². The highest BCUT2D eigenvalue weighted by atomic mass is 79.9. The number of carbonyl (C=O) groups excluding carboxylic acids is 1. The normalized spacial score (nSPS) is 17.7. The molecule has 0 aliphatic carbocycles. The molecule has 1 aromatic carbocycles. The highest BCUT2D eigenvalue weighted by molar-refractivity contribution is 9.10. The van der Waals surface area contributed by atoms with E-state index in [4.69, 9.17) is 0 Å². The summed E-state index contributed by atoms with van der Waals surface area (Å²) in [7, 11) is 0. The van der Waals surface area contributed by atoms with E-state index in [9.17, 15) is 4.79 Å².